The first kappa shape index (κ1) is 15.7. The van der Waals surface area contributed by atoms with E-state index in [0.717, 1.165) is 24.8 Å². The highest BCUT2D eigenvalue weighted by molar-refractivity contribution is 5.20. The van der Waals surface area contributed by atoms with Crippen LogP contribution in [0, 0.1) is 5.82 Å². The molecule has 0 fully saturated rings. The average molecular weight is 285 g/mol. The van der Waals surface area contributed by atoms with Crippen molar-refractivity contribution in [2.24, 2.45) is 0 Å². The second-order valence-corrected chi connectivity index (χ2v) is 5.60. The second kappa shape index (κ2) is 7.94. The van der Waals surface area contributed by atoms with Crippen LogP contribution in [0.3, 0.4) is 0 Å². The summed E-state index contributed by atoms with van der Waals surface area (Å²) < 4.78 is 13.0. The van der Waals surface area contributed by atoms with Gasteiger partial charge in [-0.2, -0.15) is 0 Å². The summed E-state index contributed by atoms with van der Waals surface area (Å²) in [5, 5.41) is 3.65. The molecule has 0 amide bonds. The van der Waals surface area contributed by atoms with E-state index < -0.39 is 0 Å². The Bertz CT molecular complexity index is 521. The molecule has 0 heterocycles. The largest absolute Gasteiger partial charge is 0.307 e. The first-order valence-electron chi connectivity index (χ1n) is 7.74. The van der Waals surface area contributed by atoms with Crippen molar-refractivity contribution >= 4 is 0 Å². The molecule has 2 aromatic rings. The number of aryl methyl sites for hydroxylation is 1. The Hall–Kier alpha value is -1.67. The third-order valence-corrected chi connectivity index (χ3v) is 3.88. The van der Waals surface area contributed by atoms with Gasteiger partial charge in [-0.3, -0.25) is 0 Å². The van der Waals surface area contributed by atoms with E-state index in [9.17, 15) is 4.39 Å². The van der Waals surface area contributed by atoms with Gasteiger partial charge in [-0.1, -0.05) is 49.4 Å². The van der Waals surface area contributed by atoms with Crippen molar-refractivity contribution in [3.8, 4) is 0 Å². The Morgan fingerprint density at radius 3 is 2.29 bits per heavy atom. The van der Waals surface area contributed by atoms with Crippen LogP contribution >= 0.6 is 0 Å². The molecular weight excluding hydrogens is 261 g/mol. The summed E-state index contributed by atoms with van der Waals surface area (Å²) in [5.41, 5.74) is 2.53. The third-order valence-electron chi connectivity index (χ3n) is 3.88. The molecule has 1 N–H and O–H groups in total. The van der Waals surface area contributed by atoms with Crippen molar-refractivity contribution in [1.29, 1.82) is 0 Å². The van der Waals surface area contributed by atoms with E-state index in [1.54, 1.807) is 0 Å². The van der Waals surface area contributed by atoms with Gasteiger partial charge in [0.1, 0.15) is 5.82 Å². The van der Waals surface area contributed by atoms with Crippen molar-refractivity contribution in [1.82, 2.24) is 5.32 Å². The summed E-state index contributed by atoms with van der Waals surface area (Å²) in [4.78, 5) is 0. The zero-order chi connectivity index (χ0) is 15.1. The summed E-state index contributed by atoms with van der Waals surface area (Å²) in [7, 11) is 0. The third kappa shape index (κ3) is 4.98. The lowest BCUT2D eigenvalue weighted by Gasteiger charge is -2.23. The SMILES string of the molecule is CCC(NC(C)CCc1ccccc1)c1ccc(F)cc1. The first-order chi connectivity index (χ1) is 10.2. The van der Waals surface area contributed by atoms with Crippen LogP contribution in [0.1, 0.15) is 43.9 Å². The lowest BCUT2D eigenvalue weighted by Crippen LogP contribution is -2.30. The summed E-state index contributed by atoms with van der Waals surface area (Å²) in [6, 6.07) is 18.1. The summed E-state index contributed by atoms with van der Waals surface area (Å²) in [5.74, 6) is -0.175. The fourth-order valence-electron chi connectivity index (χ4n) is 2.60. The molecule has 1 nitrogen and oxygen atoms in total. The summed E-state index contributed by atoms with van der Waals surface area (Å²) >= 11 is 0. The molecule has 0 aliphatic rings. The monoisotopic (exact) mass is 285 g/mol. The molecule has 0 saturated carbocycles. The molecule has 0 aromatic heterocycles. The number of benzene rings is 2. The minimum Gasteiger partial charge on any atom is -0.307 e. The molecule has 0 radical (unpaired) electrons. The number of rotatable bonds is 7. The molecule has 21 heavy (non-hydrogen) atoms. The van der Waals surface area contributed by atoms with Gasteiger partial charge in [0.25, 0.3) is 0 Å². The van der Waals surface area contributed by atoms with E-state index in [-0.39, 0.29) is 11.9 Å². The molecule has 0 aliphatic carbocycles. The molecule has 0 spiro atoms. The number of nitrogens with one attached hydrogen (secondary N) is 1. The predicted octanol–water partition coefficient (Wildman–Crippen LogP) is 4.89. The van der Waals surface area contributed by atoms with Crippen LogP contribution in [0.25, 0.3) is 0 Å². The van der Waals surface area contributed by atoms with Gasteiger partial charge in [0.05, 0.1) is 0 Å². The van der Waals surface area contributed by atoms with E-state index >= 15 is 0 Å². The Kier molecular flexibility index (Phi) is 5.94. The maximum absolute atomic E-state index is 13.0. The average Bonchev–Trinajstić information content (AvgIpc) is 2.52. The number of hydrogen-bond acceptors (Lipinski definition) is 1. The van der Waals surface area contributed by atoms with Gasteiger partial charge in [0, 0.05) is 12.1 Å². The van der Waals surface area contributed by atoms with E-state index in [4.69, 9.17) is 0 Å². The normalized spacial score (nSPS) is 13.9. The number of hydrogen-bond donors (Lipinski definition) is 1. The van der Waals surface area contributed by atoms with Gasteiger partial charge in [0.15, 0.2) is 0 Å². The van der Waals surface area contributed by atoms with E-state index in [1.807, 2.05) is 18.2 Å². The fourth-order valence-corrected chi connectivity index (χ4v) is 2.60. The van der Waals surface area contributed by atoms with Crippen molar-refractivity contribution < 1.29 is 4.39 Å². The van der Waals surface area contributed by atoms with Gasteiger partial charge in [-0.05, 0) is 49.4 Å². The lowest BCUT2D eigenvalue weighted by atomic mass is 10.0. The van der Waals surface area contributed by atoms with Crippen LogP contribution in [-0.4, -0.2) is 6.04 Å². The second-order valence-electron chi connectivity index (χ2n) is 5.60. The molecule has 2 unspecified atom stereocenters. The van der Waals surface area contributed by atoms with E-state index in [1.165, 1.54) is 17.7 Å². The molecule has 0 aliphatic heterocycles. The van der Waals surface area contributed by atoms with Gasteiger partial charge in [-0.15, -0.1) is 0 Å². The molecular formula is C19H24FN. The molecule has 112 valence electrons. The highest BCUT2D eigenvalue weighted by Crippen LogP contribution is 2.18. The van der Waals surface area contributed by atoms with Gasteiger partial charge in [-0.25, -0.2) is 4.39 Å². The van der Waals surface area contributed by atoms with Crippen molar-refractivity contribution in [3.05, 3.63) is 71.5 Å². The van der Waals surface area contributed by atoms with Crippen LogP contribution in [0.2, 0.25) is 0 Å². The van der Waals surface area contributed by atoms with Crippen molar-refractivity contribution in [2.75, 3.05) is 0 Å². The smallest absolute Gasteiger partial charge is 0.123 e. The molecule has 2 atom stereocenters. The maximum Gasteiger partial charge on any atom is 0.123 e. The summed E-state index contributed by atoms with van der Waals surface area (Å²) in [6.45, 7) is 4.38. The van der Waals surface area contributed by atoms with Crippen LogP contribution in [0.15, 0.2) is 54.6 Å². The molecule has 0 saturated heterocycles. The van der Waals surface area contributed by atoms with E-state index in [2.05, 4.69) is 43.4 Å². The fraction of sp³-hybridized carbons (Fsp3) is 0.368. The van der Waals surface area contributed by atoms with E-state index in [0.29, 0.717) is 6.04 Å². The topological polar surface area (TPSA) is 12.0 Å². The highest BCUT2D eigenvalue weighted by atomic mass is 19.1. The highest BCUT2D eigenvalue weighted by Gasteiger charge is 2.12. The zero-order valence-electron chi connectivity index (χ0n) is 12.9. The number of halogens is 1. The molecule has 2 aromatic carbocycles. The molecule has 2 heteroatoms. The van der Waals surface area contributed by atoms with Gasteiger partial charge in [0.2, 0.25) is 0 Å². The molecule has 0 bridgehead atoms. The first-order valence-corrected chi connectivity index (χ1v) is 7.74. The Labute approximate surface area is 127 Å². The summed E-state index contributed by atoms with van der Waals surface area (Å²) in [6.07, 6.45) is 3.18. The minimum atomic E-state index is -0.175. The molecule has 2 rings (SSSR count). The zero-order valence-corrected chi connectivity index (χ0v) is 12.9. The van der Waals surface area contributed by atoms with Crippen LogP contribution < -0.4 is 5.32 Å². The van der Waals surface area contributed by atoms with Crippen LogP contribution in [-0.2, 0) is 6.42 Å². The quantitative estimate of drug-likeness (QED) is 0.764. The van der Waals surface area contributed by atoms with Crippen LogP contribution in [0.4, 0.5) is 4.39 Å². The predicted molar refractivity (Wildman–Crippen MR) is 86.8 cm³/mol. The van der Waals surface area contributed by atoms with Crippen LogP contribution in [0.5, 0.6) is 0 Å². The van der Waals surface area contributed by atoms with Gasteiger partial charge < -0.3 is 5.32 Å². The lowest BCUT2D eigenvalue weighted by molar-refractivity contribution is 0.427. The standard InChI is InChI=1S/C19H24FN/c1-3-19(17-11-13-18(20)14-12-17)21-15(2)9-10-16-7-5-4-6-8-16/h4-8,11-15,19,21H,3,9-10H2,1-2H3. The Morgan fingerprint density at radius 2 is 1.67 bits per heavy atom. The minimum absolute atomic E-state index is 0.175. The van der Waals surface area contributed by atoms with Crippen molar-refractivity contribution in [2.45, 2.75) is 45.2 Å². The van der Waals surface area contributed by atoms with Gasteiger partial charge >= 0.3 is 0 Å². The van der Waals surface area contributed by atoms with Crippen molar-refractivity contribution in [3.63, 3.8) is 0 Å². The Morgan fingerprint density at radius 1 is 1.00 bits per heavy atom. The Balaban J connectivity index is 1.87. The maximum atomic E-state index is 13.0.